The fourth-order valence-corrected chi connectivity index (χ4v) is 3.27. The zero-order valence-corrected chi connectivity index (χ0v) is 12.7. The summed E-state index contributed by atoms with van der Waals surface area (Å²) in [6.45, 7) is 3.57. The Morgan fingerprint density at radius 2 is 2.05 bits per heavy atom. The van der Waals surface area contributed by atoms with Gasteiger partial charge in [0.1, 0.15) is 12.2 Å². The average molecular weight is 342 g/mol. The van der Waals surface area contributed by atoms with Crippen molar-refractivity contribution in [2.75, 3.05) is 0 Å². The first-order valence-corrected chi connectivity index (χ1v) is 8.14. The molecule has 1 saturated heterocycles. The van der Waals surface area contributed by atoms with Crippen LogP contribution in [0.2, 0.25) is 0 Å². The highest BCUT2D eigenvalue weighted by molar-refractivity contribution is 7.87. The van der Waals surface area contributed by atoms with E-state index in [1.165, 1.54) is 0 Å². The number of alkyl halides is 2. The van der Waals surface area contributed by atoms with Crippen molar-refractivity contribution < 1.29 is 40.8 Å². The number of rotatable bonds is 4. The number of hydrogen-bond acceptors (Lipinski definition) is 6. The van der Waals surface area contributed by atoms with Gasteiger partial charge in [0.2, 0.25) is 0 Å². The van der Waals surface area contributed by atoms with E-state index >= 15 is 0 Å². The molecule has 0 spiro atoms. The van der Waals surface area contributed by atoms with E-state index in [1.54, 1.807) is 13.8 Å². The third-order valence-electron chi connectivity index (χ3n) is 4.14. The minimum absolute atomic E-state index is 0.0542. The van der Waals surface area contributed by atoms with Crippen LogP contribution in [0.1, 0.15) is 26.7 Å². The first-order chi connectivity index (χ1) is 9.95. The van der Waals surface area contributed by atoms with Gasteiger partial charge in [0.25, 0.3) is 0 Å². The van der Waals surface area contributed by atoms with Crippen molar-refractivity contribution in [3.8, 4) is 0 Å². The Kier molecular flexibility index (Phi) is 4.20. The standard InChI is InChI=1S/C12H16F2O7S/c1-5(2)7-3-6-4-8(15)20-9(6)10(7)21-11(16)12(13,14)22(17,18)19/h5-7,9-10H,3-4H2,1-2H3,(H,17,18,19). The fraction of sp³-hybridized carbons (Fsp3) is 0.833. The molecule has 1 saturated carbocycles. The lowest BCUT2D eigenvalue weighted by Crippen LogP contribution is -2.44. The van der Waals surface area contributed by atoms with Gasteiger partial charge in [-0.2, -0.15) is 17.2 Å². The van der Waals surface area contributed by atoms with Gasteiger partial charge in [0.05, 0.1) is 6.42 Å². The molecule has 1 heterocycles. The van der Waals surface area contributed by atoms with E-state index in [0.29, 0.717) is 6.42 Å². The number of hydrogen-bond donors (Lipinski definition) is 1. The van der Waals surface area contributed by atoms with Crippen LogP contribution in [0.3, 0.4) is 0 Å². The molecule has 0 aromatic heterocycles. The molecular weight excluding hydrogens is 326 g/mol. The molecule has 10 heteroatoms. The summed E-state index contributed by atoms with van der Waals surface area (Å²) in [4.78, 5) is 22.7. The van der Waals surface area contributed by atoms with E-state index < -0.39 is 39.5 Å². The van der Waals surface area contributed by atoms with Crippen molar-refractivity contribution in [1.29, 1.82) is 0 Å². The number of carbonyl (C=O) groups excluding carboxylic acids is 2. The Morgan fingerprint density at radius 1 is 1.45 bits per heavy atom. The van der Waals surface area contributed by atoms with Gasteiger partial charge in [-0.15, -0.1) is 0 Å². The zero-order valence-electron chi connectivity index (χ0n) is 11.9. The molecule has 22 heavy (non-hydrogen) atoms. The molecule has 0 aromatic rings. The number of ether oxygens (including phenoxy) is 2. The molecule has 1 aliphatic heterocycles. The van der Waals surface area contributed by atoms with E-state index in [-0.39, 0.29) is 24.2 Å². The second-order valence-electron chi connectivity index (χ2n) is 5.92. The van der Waals surface area contributed by atoms with Gasteiger partial charge in [-0.1, -0.05) is 13.8 Å². The predicted octanol–water partition coefficient (Wildman–Crippen LogP) is 0.986. The van der Waals surface area contributed by atoms with Crippen LogP contribution in [-0.4, -0.2) is 42.4 Å². The first-order valence-electron chi connectivity index (χ1n) is 6.70. The molecule has 0 radical (unpaired) electrons. The van der Waals surface area contributed by atoms with Gasteiger partial charge in [-0.05, 0) is 12.3 Å². The van der Waals surface area contributed by atoms with Crippen LogP contribution in [0.25, 0.3) is 0 Å². The molecule has 0 aromatic carbocycles. The summed E-state index contributed by atoms with van der Waals surface area (Å²) >= 11 is 0. The molecule has 0 bridgehead atoms. The Morgan fingerprint density at radius 3 is 2.55 bits per heavy atom. The van der Waals surface area contributed by atoms with E-state index in [2.05, 4.69) is 4.74 Å². The first kappa shape index (κ1) is 17.1. The minimum Gasteiger partial charge on any atom is -0.458 e. The smallest absolute Gasteiger partial charge is 0.458 e. The molecular formula is C12H16F2O7S. The summed E-state index contributed by atoms with van der Waals surface area (Å²) < 4.78 is 65.8. The lowest BCUT2D eigenvalue weighted by atomic mass is 9.91. The van der Waals surface area contributed by atoms with Crippen LogP contribution in [0.4, 0.5) is 8.78 Å². The summed E-state index contributed by atoms with van der Waals surface area (Å²) in [6.07, 6.45) is -1.46. The Hall–Kier alpha value is -1.29. The largest absolute Gasteiger partial charge is 0.465 e. The second-order valence-corrected chi connectivity index (χ2v) is 7.39. The molecule has 2 fully saturated rings. The van der Waals surface area contributed by atoms with Crippen molar-refractivity contribution in [1.82, 2.24) is 0 Å². The Labute approximate surface area is 125 Å². The summed E-state index contributed by atoms with van der Waals surface area (Å²) in [5.41, 5.74) is 0. The Balaban J connectivity index is 2.21. The fourth-order valence-electron chi connectivity index (χ4n) is 3.01. The molecule has 4 atom stereocenters. The normalized spacial score (nSPS) is 32.0. The minimum atomic E-state index is -5.93. The van der Waals surface area contributed by atoms with Crippen molar-refractivity contribution in [2.24, 2.45) is 17.8 Å². The summed E-state index contributed by atoms with van der Waals surface area (Å²) in [5.74, 6) is -3.53. The average Bonchev–Trinajstić information content (AvgIpc) is 2.85. The summed E-state index contributed by atoms with van der Waals surface area (Å²) in [5, 5.41) is -5.06. The third-order valence-corrected chi connectivity index (χ3v) is 4.96. The van der Waals surface area contributed by atoms with Crippen LogP contribution in [0, 0.1) is 17.8 Å². The summed E-state index contributed by atoms with van der Waals surface area (Å²) in [6, 6.07) is 0. The Bertz CT molecular complexity index is 586. The van der Waals surface area contributed by atoms with Crippen LogP contribution in [0.5, 0.6) is 0 Å². The maximum absolute atomic E-state index is 13.3. The second kappa shape index (κ2) is 5.41. The third kappa shape index (κ3) is 2.81. The lowest BCUT2D eigenvalue weighted by Gasteiger charge is -2.27. The maximum atomic E-state index is 13.3. The van der Waals surface area contributed by atoms with Gasteiger partial charge in [0.15, 0.2) is 0 Å². The van der Waals surface area contributed by atoms with Crippen molar-refractivity contribution in [3.63, 3.8) is 0 Å². The van der Waals surface area contributed by atoms with E-state index in [1.807, 2.05) is 0 Å². The highest BCUT2D eigenvalue weighted by atomic mass is 32.2. The van der Waals surface area contributed by atoms with Crippen LogP contribution in [-0.2, 0) is 29.2 Å². The van der Waals surface area contributed by atoms with E-state index in [9.17, 15) is 26.8 Å². The molecule has 4 unspecified atom stereocenters. The van der Waals surface area contributed by atoms with Gasteiger partial charge < -0.3 is 9.47 Å². The summed E-state index contributed by atoms with van der Waals surface area (Å²) in [7, 11) is -5.93. The quantitative estimate of drug-likeness (QED) is 0.599. The van der Waals surface area contributed by atoms with Crippen LogP contribution >= 0.6 is 0 Å². The van der Waals surface area contributed by atoms with Gasteiger partial charge in [-0.3, -0.25) is 9.35 Å². The van der Waals surface area contributed by atoms with E-state index in [0.717, 1.165) is 0 Å². The van der Waals surface area contributed by atoms with Crippen LogP contribution < -0.4 is 0 Å². The monoisotopic (exact) mass is 342 g/mol. The molecule has 126 valence electrons. The van der Waals surface area contributed by atoms with Crippen molar-refractivity contribution in [3.05, 3.63) is 0 Å². The number of carbonyl (C=O) groups is 2. The number of esters is 2. The molecule has 0 amide bonds. The SMILES string of the molecule is CC(C)C1CC2CC(=O)OC2C1OC(=O)C(F)(F)S(=O)(=O)O. The van der Waals surface area contributed by atoms with Gasteiger partial charge in [0, 0.05) is 11.8 Å². The van der Waals surface area contributed by atoms with Gasteiger partial charge in [-0.25, -0.2) is 4.79 Å². The van der Waals surface area contributed by atoms with Gasteiger partial charge >= 0.3 is 27.3 Å². The lowest BCUT2D eigenvalue weighted by molar-refractivity contribution is -0.178. The number of halogens is 2. The highest BCUT2D eigenvalue weighted by Gasteiger charge is 2.59. The molecule has 2 aliphatic rings. The molecule has 7 nitrogen and oxygen atoms in total. The van der Waals surface area contributed by atoms with Crippen molar-refractivity contribution >= 4 is 22.1 Å². The highest BCUT2D eigenvalue weighted by Crippen LogP contribution is 2.45. The maximum Gasteiger partial charge on any atom is 0.465 e. The zero-order chi connectivity index (χ0) is 16.9. The van der Waals surface area contributed by atoms with Crippen LogP contribution in [0.15, 0.2) is 0 Å². The van der Waals surface area contributed by atoms with Crippen molar-refractivity contribution in [2.45, 2.75) is 44.2 Å². The predicted molar refractivity (Wildman–Crippen MR) is 67.3 cm³/mol. The van der Waals surface area contributed by atoms with E-state index in [4.69, 9.17) is 9.29 Å². The molecule has 1 N–H and O–H groups in total. The molecule has 2 rings (SSSR count). The topological polar surface area (TPSA) is 107 Å². The molecule has 1 aliphatic carbocycles. The number of fused-ring (bicyclic) bond motifs is 1.